The molecule has 3 rings (SSSR count). The molecule has 0 radical (unpaired) electrons. The molecule has 1 heterocycles. The summed E-state index contributed by atoms with van der Waals surface area (Å²) < 4.78 is 5.95. The van der Waals surface area contributed by atoms with Crippen molar-refractivity contribution in [2.45, 2.75) is 38.2 Å². The van der Waals surface area contributed by atoms with Gasteiger partial charge in [-0.1, -0.05) is 30.2 Å². The van der Waals surface area contributed by atoms with Crippen LogP contribution in [0.15, 0.2) is 30.6 Å². The molecule has 0 unspecified atom stereocenters. The van der Waals surface area contributed by atoms with E-state index in [0.717, 1.165) is 18.5 Å². The van der Waals surface area contributed by atoms with Crippen LogP contribution in [0.3, 0.4) is 0 Å². The minimum atomic E-state index is 0.194. The molecular weight excluding hydrogens is 300 g/mol. The Bertz CT molecular complexity index is 644. The third kappa shape index (κ3) is 3.42. The third-order valence-electron chi connectivity index (χ3n) is 3.80. The second-order valence-electron chi connectivity index (χ2n) is 5.42. The standard InChI is InChI=1S/C16H19ClN4O/c17-12-8-4-5-9-13(12)21-15-14(18)16(20-10-19-15)22-11-6-2-1-3-7-11/h4-5,8-11H,1-3,6-7,18H2,(H,19,20,21). The van der Waals surface area contributed by atoms with Gasteiger partial charge in [-0.05, 0) is 37.8 Å². The van der Waals surface area contributed by atoms with Crippen LogP contribution in [0.4, 0.5) is 17.2 Å². The van der Waals surface area contributed by atoms with E-state index in [9.17, 15) is 0 Å². The number of hydrogen-bond acceptors (Lipinski definition) is 5. The SMILES string of the molecule is Nc1c(Nc2ccccc2Cl)ncnc1OC1CCCCC1. The molecule has 2 aromatic rings. The Morgan fingerprint density at radius 3 is 2.68 bits per heavy atom. The first-order valence-electron chi connectivity index (χ1n) is 7.52. The van der Waals surface area contributed by atoms with Crippen LogP contribution in [0, 0.1) is 0 Å². The van der Waals surface area contributed by atoms with Crippen LogP contribution in [0.5, 0.6) is 5.88 Å². The molecule has 1 aliphatic rings. The van der Waals surface area contributed by atoms with Gasteiger partial charge in [0.1, 0.15) is 18.1 Å². The normalized spacial score (nSPS) is 15.5. The summed E-state index contributed by atoms with van der Waals surface area (Å²) in [5.74, 6) is 0.949. The van der Waals surface area contributed by atoms with Crippen LogP contribution in [-0.4, -0.2) is 16.1 Å². The maximum absolute atomic E-state index is 6.14. The average molecular weight is 319 g/mol. The van der Waals surface area contributed by atoms with Crippen molar-refractivity contribution in [1.82, 2.24) is 9.97 Å². The number of nitrogens with one attached hydrogen (secondary N) is 1. The smallest absolute Gasteiger partial charge is 0.242 e. The largest absolute Gasteiger partial charge is 0.473 e. The average Bonchev–Trinajstić information content (AvgIpc) is 2.54. The van der Waals surface area contributed by atoms with E-state index in [2.05, 4.69) is 15.3 Å². The number of nitrogens with zero attached hydrogens (tertiary/aromatic N) is 2. The summed E-state index contributed by atoms with van der Waals surface area (Å²) in [6.07, 6.45) is 7.42. The maximum Gasteiger partial charge on any atom is 0.242 e. The van der Waals surface area contributed by atoms with Crippen LogP contribution < -0.4 is 15.8 Å². The molecule has 0 atom stereocenters. The van der Waals surface area contributed by atoms with E-state index < -0.39 is 0 Å². The van der Waals surface area contributed by atoms with Gasteiger partial charge in [-0.3, -0.25) is 0 Å². The first-order chi connectivity index (χ1) is 10.7. The van der Waals surface area contributed by atoms with E-state index in [0.29, 0.717) is 22.4 Å². The van der Waals surface area contributed by atoms with E-state index in [-0.39, 0.29) is 6.10 Å². The number of para-hydroxylation sites is 1. The highest BCUT2D eigenvalue weighted by molar-refractivity contribution is 6.33. The predicted molar refractivity (Wildman–Crippen MR) is 88.7 cm³/mol. The predicted octanol–water partition coefficient (Wildman–Crippen LogP) is 4.17. The molecule has 6 heteroatoms. The van der Waals surface area contributed by atoms with Crippen molar-refractivity contribution in [2.75, 3.05) is 11.1 Å². The second-order valence-corrected chi connectivity index (χ2v) is 5.83. The first-order valence-corrected chi connectivity index (χ1v) is 7.90. The summed E-state index contributed by atoms with van der Waals surface area (Å²) >= 11 is 6.14. The van der Waals surface area contributed by atoms with Crippen molar-refractivity contribution in [3.05, 3.63) is 35.6 Å². The fourth-order valence-electron chi connectivity index (χ4n) is 2.60. The van der Waals surface area contributed by atoms with Crippen molar-refractivity contribution >= 4 is 28.8 Å². The minimum Gasteiger partial charge on any atom is -0.473 e. The monoisotopic (exact) mass is 318 g/mol. The number of anilines is 3. The van der Waals surface area contributed by atoms with E-state index in [1.165, 1.54) is 25.6 Å². The highest BCUT2D eigenvalue weighted by Crippen LogP contribution is 2.32. The molecule has 116 valence electrons. The van der Waals surface area contributed by atoms with Crippen LogP contribution in [0.2, 0.25) is 5.02 Å². The fraction of sp³-hybridized carbons (Fsp3) is 0.375. The van der Waals surface area contributed by atoms with Crippen molar-refractivity contribution < 1.29 is 4.74 Å². The van der Waals surface area contributed by atoms with Gasteiger partial charge >= 0.3 is 0 Å². The summed E-state index contributed by atoms with van der Waals surface area (Å²) in [7, 11) is 0. The van der Waals surface area contributed by atoms with Gasteiger partial charge in [0.05, 0.1) is 10.7 Å². The van der Waals surface area contributed by atoms with Crippen molar-refractivity contribution in [3.8, 4) is 5.88 Å². The number of halogens is 1. The first kappa shape index (κ1) is 14.9. The van der Waals surface area contributed by atoms with Crippen LogP contribution in [0.1, 0.15) is 32.1 Å². The Morgan fingerprint density at radius 2 is 1.91 bits per heavy atom. The van der Waals surface area contributed by atoms with E-state index >= 15 is 0 Å². The van der Waals surface area contributed by atoms with Gasteiger partial charge in [0.15, 0.2) is 5.82 Å². The van der Waals surface area contributed by atoms with Crippen molar-refractivity contribution in [1.29, 1.82) is 0 Å². The van der Waals surface area contributed by atoms with E-state index in [4.69, 9.17) is 22.1 Å². The molecule has 3 N–H and O–H groups in total. The molecule has 0 aliphatic heterocycles. The van der Waals surface area contributed by atoms with Crippen LogP contribution in [-0.2, 0) is 0 Å². The molecular formula is C16H19ClN4O. The van der Waals surface area contributed by atoms with E-state index in [1.54, 1.807) is 6.07 Å². The molecule has 0 amide bonds. The number of aromatic nitrogens is 2. The zero-order valence-electron chi connectivity index (χ0n) is 12.3. The number of rotatable bonds is 4. The molecule has 0 bridgehead atoms. The summed E-state index contributed by atoms with van der Waals surface area (Å²) in [5, 5.41) is 3.74. The summed E-state index contributed by atoms with van der Waals surface area (Å²) in [6, 6.07) is 7.44. The molecule has 0 spiro atoms. The topological polar surface area (TPSA) is 73.1 Å². The quantitative estimate of drug-likeness (QED) is 0.885. The summed E-state index contributed by atoms with van der Waals surface area (Å²) in [5.41, 5.74) is 7.30. The van der Waals surface area contributed by atoms with Crippen molar-refractivity contribution in [3.63, 3.8) is 0 Å². The lowest BCUT2D eigenvalue weighted by atomic mass is 9.98. The highest BCUT2D eigenvalue weighted by atomic mass is 35.5. The van der Waals surface area contributed by atoms with Gasteiger partial charge in [-0.15, -0.1) is 0 Å². The van der Waals surface area contributed by atoms with Crippen LogP contribution in [0.25, 0.3) is 0 Å². The van der Waals surface area contributed by atoms with Gasteiger partial charge in [0.2, 0.25) is 5.88 Å². The Kier molecular flexibility index (Phi) is 4.63. The number of nitrogens with two attached hydrogens (primary N) is 1. The summed E-state index contributed by atoms with van der Waals surface area (Å²) in [6.45, 7) is 0. The molecule has 5 nitrogen and oxygen atoms in total. The Morgan fingerprint density at radius 1 is 1.14 bits per heavy atom. The Labute approximate surface area is 134 Å². The fourth-order valence-corrected chi connectivity index (χ4v) is 2.79. The zero-order chi connectivity index (χ0) is 15.4. The lowest BCUT2D eigenvalue weighted by molar-refractivity contribution is 0.149. The Balaban J connectivity index is 1.78. The molecule has 1 aliphatic carbocycles. The van der Waals surface area contributed by atoms with E-state index in [1.807, 2.05) is 18.2 Å². The molecule has 0 saturated heterocycles. The lowest BCUT2D eigenvalue weighted by Crippen LogP contribution is -2.21. The molecule has 1 fully saturated rings. The molecule has 1 saturated carbocycles. The van der Waals surface area contributed by atoms with Gasteiger partial charge < -0.3 is 15.8 Å². The zero-order valence-corrected chi connectivity index (χ0v) is 13.0. The van der Waals surface area contributed by atoms with Crippen molar-refractivity contribution in [2.24, 2.45) is 0 Å². The maximum atomic E-state index is 6.14. The molecule has 22 heavy (non-hydrogen) atoms. The van der Waals surface area contributed by atoms with Gasteiger partial charge in [0, 0.05) is 0 Å². The highest BCUT2D eigenvalue weighted by Gasteiger charge is 2.18. The Hall–Kier alpha value is -2.01. The van der Waals surface area contributed by atoms with Gasteiger partial charge in [-0.2, -0.15) is 4.98 Å². The van der Waals surface area contributed by atoms with Gasteiger partial charge in [0.25, 0.3) is 0 Å². The third-order valence-corrected chi connectivity index (χ3v) is 4.13. The number of ether oxygens (including phenoxy) is 1. The molecule has 1 aromatic carbocycles. The van der Waals surface area contributed by atoms with Crippen LogP contribution >= 0.6 is 11.6 Å². The number of benzene rings is 1. The second kappa shape index (κ2) is 6.83. The minimum absolute atomic E-state index is 0.194. The number of nitrogen functional groups attached to an aromatic ring is 1. The molecule has 1 aromatic heterocycles. The van der Waals surface area contributed by atoms with Gasteiger partial charge in [-0.25, -0.2) is 4.98 Å². The summed E-state index contributed by atoms with van der Waals surface area (Å²) in [4.78, 5) is 8.35. The lowest BCUT2D eigenvalue weighted by Gasteiger charge is -2.23. The number of hydrogen-bond donors (Lipinski definition) is 2.